The predicted molar refractivity (Wildman–Crippen MR) is 81.2 cm³/mol. The summed E-state index contributed by atoms with van der Waals surface area (Å²) in [6.45, 7) is 6.73. The van der Waals surface area contributed by atoms with Crippen molar-refractivity contribution in [2.24, 2.45) is 5.73 Å². The highest BCUT2D eigenvalue weighted by molar-refractivity contribution is 5.70. The molecule has 2 N–H and O–H groups in total. The summed E-state index contributed by atoms with van der Waals surface area (Å²) in [5.41, 5.74) is 6.85. The maximum absolute atomic E-state index is 11.6. The highest BCUT2D eigenvalue weighted by Crippen LogP contribution is 2.12. The molecule has 0 heterocycles. The van der Waals surface area contributed by atoms with Gasteiger partial charge in [-0.3, -0.25) is 9.69 Å². The molecule has 4 nitrogen and oxygen atoms in total. The van der Waals surface area contributed by atoms with E-state index in [2.05, 4.69) is 24.0 Å². The SMILES string of the molecule is CCOC(=O)CC(C)N(CCCN)Cc1ccccc1. The zero-order valence-corrected chi connectivity index (χ0v) is 12.5. The Morgan fingerprint density at radius 1 is 1.35 bits per heavy atom. The van der Waals surface area contributed by atoms with E-state index in [4.69, 9.17) is 10.5 Å². The Morgan fingerprint density at radius 2 is 2.05 bits per heavy atom. The Hall–Kier alpha value is -1.39. The Bertz CT molecular complexity index is 381. The second kappa shape index (κ2) is 9.50. The van der Waals surface area contributed by atoms with Gasteiger partial charge < -0.3 is 10.5 Å². The third-order valence-electron chi connectivity index (χ3n) is 3.27. The van der Waals surface area contributed by atoms with E-state index in [0.29, 0.717) is 19.6 Å². The van der Waals surface area contributed by atoms with E-state index in [1.165, 1.54) is 5.56 Å². The van der Waals surface area contributed by atoms with E-state index >= 15 is 0 Å². The summed E-state index contributed by atoms with van der Waals surface area (Å²) in [6, 6.07) is 10.4. The van der Waals surface area contributed by atoms with Gasteiger partial charge in [0.15, 0.2) is 0 Å². The number of hydrogen-bond donors (Lipinski definition) is 1. The molecule has 0 radical (unpaired) electrons. The molecule has 20 heavy (non-hydrogen) atoms. The van der Waals surface area contributed by atoms with Gasteiger partial charge in [0, 0.05) is 12.6 Å². The van der Waals surface area contributed by atoms with Crippen LogP contribution in [0.5, 0.6) is 0 Å². The standard InChI is InChI=1S/C16H26N2O2/c1-3-20-16(19)12-14(2)18(11-7-10-17)13-15-8-5-4-6-9-15/h4-6,8-9,14H,3,7,10-13,17H2,1-2H3. The van der Waals surface area contributed by atoms with Crippen molar-refractivity contribution < 1.29 is 9.53 Å². The van der Waals surface area contributed by atoms with Crippen molar-refractivity contribution >= 4 is 5.97 Å². The van der Waals surface area contributed by atoms with Crippen LogP contribution in [0.3, 0.4) is 0 Å². The normalized spacial score (nSPS) is 12.4. The molecule has 0 saturated carbocycles. The Balaban J connectivity index is 2.60. The van der Waals surface area contributed by atoms with Crippen LogP contribution in [0.25, 0.3) is 0 Å². The zero-order chi connectivity index (χ0) is 14.8. The first-order chi connectivity index (χ1) is 9.67. The fourth-order valence-electron chi connectivity index (χ4n) is 2.16. The van der Waals surface area contributed by atoms with Gasteiger partial charge in [0.2, 0.25) is 0 Å². The molecular formula is C16H26N2O2. The number of nitrogens with two attached hydrogens (primary N) is 1. The molecule has 0 aliphatic rings. The van der Waals surface area contributed by atoms with Crippen molar-refractivity contribution in [2.75, 3.05) is 19.7 Å². The summed E-state index contributed by atoms with van der Waals surface area (Å²) in [6.07, 6.45) is 1.35. The van der Waals surface area contributed by atoms with Gasteiger partial charge in [-0.05, 0) is 38.9 Å². The van der Waals surface area contributed by atoms with Gasteiger partial charge in [0.25, 0.3) is 0 Å². The van der Waals surface area contributed by atoms with Crippen molar-refractivity contribution in [3.63, 3.8) is 0 Å². The smallest absolute Gasteiger partial charge is 0.307 e. The van der Waals surface area contributed by atoms with E-state index in [1.807, 2.05) is 25.1 Å². The monoisotopic (exact) mass is 278 g/mol. The molecule has 4 heteroatoms. The van der Waals surface area contributed by atoms with Gasteiger partial charge in [-0.1, -0.05) is 30.3 Å². The van der Waals surface area contributed by atoms with Crippen LogP contribution in [0, 0.1) is 0 Å². The van der Waals surface area contributed by atoms with Crippen molar-refractivity contribution in [1.29, 1.82) is 0 Å². The number of carbonyl (C=O) groups excluding carboxylic acids is 1. The molecule has 0 amide bonds. The minimum atomic E-state index is -0.134. The average Bonchev–Trinajstić information content (AvgIpc) is 2.44. The van der Waals surface area contributed by atoms with Gasteiger partial charge in [0.05, 0.1) is 13.0 Å². The lowest BCUT2D eigenvalue weighted by atomic mass is 10.1. The number of esters is 1. The Kier molecular flexibility index (Phi) is 7.92. The van der Waals surface area contributed by atoms with Crippen molar-refractivity contribution in [3.05, 3.63) is 35.9 Å². The molecule has 1 rings (SSSR count). The van der Waals surface area contributed by atoms with Crippen LogP contribution in [0.4, 0.5) is 0 Å². The zero-order valence-electron chi connectivity index (χ0n) is 12.5. The lowest BCUT2D eigenvalue weighted by Gasteiger charge is -2.28. The maximum Gasteiger partial charge on any atom is 0.307 e. The van der Waals surface area contributed by atoms with Crippen molar-refractivity contribution in [2.45, 2.75) is 39.3 Å². The summed E-state index contributed by atoms with van der Waals surface area (Å²) in [5, 5.41) is 0. The van der Waals surface area contributed by atoms with Crippen molar-refractivity contribution in [3.8, 4) is 0 Å². The van der Waals surface area contributed by atoms with Crippen LogP contribution in [-0.2, 0) is 16.1 Å². The van der Waals surface area contributed by atoms with E-state index < -0.39 is 0 Å². The van der Waals surface area contributed by atoms with Gasteiger partial charge in [-0.25, -0.2) is 0 Å². The molecule has 0 fully saturated rings. The first kappa shape index (κ1) is 16.7. The molecule has 1 aromatic rings. The van der Waals surface area contributed by atoms with Crippen LogP contribution in [-0.4, -0.2) is 36.6 Å². The largest absolute Gasteiger partial charge is 0.466 e. The maximum atomic E-state index is 11.6. The number of nitrogens with zero attached hydrogens (tertiary/aromatic N) is 1. The second-order valence-electron chi connectivity index (χ2n) is 4.96. The molecule has 0 aromatic heterocycles. The highest BCUT2D eigenvalue weighted by Gasteiger charge is 2.17. The summed E-state index contributed by atoms with van der Waals surface area (Å²) in [5.74, 6) is -0.134. The molecule has 0 aliphatic heterocycles. The first-order valence-corrected chi connectivity index (χ1v) is 7.31. The lowest BCUT2D eigenvalue weighted by molar-refractivity contribution is -0.144. The molecule has 1 atom stereocenters. The molecule has 0 saturated heterocycles. The van der Waals surface area contributed by atoms with E-state index in [9.17, 15) is 4.79 Å². The topological polar surface area (TPSA) is 55.6 Å². The fourth-order valence-corrected chi connectivity index (χ4v) is 2.16. The Morgan fingerprint density at radius 3 is 2.65 bits per heavy atom. The highest BCUT2D eigenvalue weighted by atomic mass is 16.5. The summed E-state index contributed by atoms with van der Waals surface area (Å²) in [4.78, 5) is 13.9. The quantitative estimate of drug-likeness (QED) is 0.703. The second-order valence-corrected chi connectivity index (χ2v) is 4.96. The van der Waals surface area contributed by atoms with Crippen LogP contribution in [0.15, 0.2) is 30.3 Å². The molecule has 1 aromatic carbocycles. The van der Waals surface area contributed by atoms with Gasteiger partial charge in [-0.15, -0.1) is 0 Å². The number of carbonyl (C=O) groups is 1. The number of hydrogen-bond acceptors (Lipinski definition) is 4. The van der Waals surface area contributed by atoms with Crippen LogP contribution >= 0.6 is 0 Å². The van der Waals surface area contributed by atoms with Crippen LogP contribution in [0.2, 0.25) is 0 Å². The predicted octanol–water partition coefficient (Wildman–Crippen LogP) is 2.18. The Labute approximate surface area is 121 Å². The van der Waals surface area contributed by atoms with Crippen molar-refractivity contribution in [1.82, 2.24) is 4.90 Å². The summed E-state index contributed by atoms with van der Waals surface area (Å²) >= 11 is 0. The minimum Gasteiger partial charge on any atom is -0.466 e. The van der Waals surface area contributed by atoms with E-state index in [0.717, 1.165) is 19.5 Å². The number of benzene rings is 1. The van der Waals surface area contributed by atoms with Gasteiger partial charge in [0.1, 0.15) is 0 Å². The third kappa shape index (κ3) is 6.17. The van der Waals surface area contributed by atoms with Crippen LogP contribution in [0.1, 0.15) is 32.3 Å². The third-order valence-corrected chi connectivity index (χ3v) is 3.27. The summed E-state index contributed by atoms with van der Waals surface area (Å²) in [7, 11) is 0. The minimum absolute atomic E-state index is 0.134. The fraction of sp³-hybridized carbons (Fsp3) is 0.562. The van der Waals surface area contributed by atoms with E-state index in [-0.39, 0.29) is 12.0 Å². The molecule has 0 spiro atoms. The molecular weight excluding hydrogens is 252 g/mol. The average molecular weight is 278 g/mol. The molecule has 112 valence electrons. The lowest BCUT2D eigenvalue weighted by Crippen LogP contribution is -2.36. The van der Waals surface area contributed by atoms with Crippen LogP contribution < -0.4 is 5.73 Å². The number of rotatable bonds is 9. The van der Waals surface area contributed by atoms with Gasteiger partial charge in [-0.2, -0.15) is 0 Å². The van der Waals surface area contributed by atoms with E-state index in [1.54, 1.807) is 0 Å². The molecule has 1 unspecified atom stereocenters. The molecule has 0 bridgehead atoms. The van der Waals surface area contributed by atoms with Gasteiger partial charge >= 0.3 is 5.97 Å². The molecule has 0 aliphatic carbocycles. The summed E-state index contributed by atoms with van der Waals surface area (Å²) < 4.78 is 5.03. The number of ether oxygens (including phenoxy) is 1. The first-order valence-electron chi connectivity index (χ1n) is 7.31.